The van der Waals surface area contributed by atoms with Crippen molar-refractivity contribution in [1.29, 1.82) is 0 Å². The maximum Gasteiger partial charge on any atom is 0.319 e. The molecule has 168 valence electrons. The molecule has 0 aromatic heterocycles. The van der Waals surface area contributed by atoms with Crippen LogP contribution < -0.4 is 5.32 Å². The number of carbonyl (C=O) groups is 1. The normalized spacial score (nSPS) is 20.0. The minimum absolute atomic E-state index is 0.0273. The maximum absolute atomic E-state index is 13.3. The summed E-state index contributed by atoms with van der Waals surface area (Å²) in [5.41, 5.74) is 0.101. The lowest BCUT2D eigenvalue weighted by Gasteiger charge is -2.31. The Bertz CT molecular complexity index is 621. The summed E-state index contributed by atoms with van der Waals surface area (Å²) in [5, 5.41) is 12.4. The summed E-state index contributed by atoms with van der Waals surface area (Å²) in [4.78, 5) is 15.3. The van der Waals surface area contributed by atoms with E-state index in [2.05, 4.69) is 29.4 Å². The van der Waals surface area contributed by atoms with E-state index in [-0.39, 0.29) is 12.1 Å². The van der Waals surface area contributed by atoms with Crippen LogP contribution in [0.1, 0.15) is 97.0 Å². The number of rotatable bonds is 6. The third-order valence-electron chi connectivity index (χ3n) is 5.99. The van der Waals surface area contributed by atoms with Gasteiger partial charge < -0.3 is 10.2 Å². The van der Waals surface area contributed by atoms with Gasteiger partial charge in [0.2, 0.25) is 0 Å². The predicted octanol–water partition coefficient (Wildman–Crippen LogP) is 7.04. The Morgan fingerprint density at radius 3 is 2.07 bits per heavy atom. The van der Waals surface area contributed by atoms with E-state index in [4.69, 9.17) is 0 Å². The molecule has 1 saturated heterocycles. The molecule has 1 aromatic rings. The van der Waals surface area contributed by atoms with Crippen molar-refractivity contribution >= 4 is 6.03 Å². The molecule has 0 aliphatic carbocycles. The highest BCUT2D eigenvalue weighted by atomic mass is 16.2. The molecule has 0 saturated carbocycles. The Balaban J connectivity index is 2.12. The van der Waals surface area contributed by atoms with Gasteiger partial charge in [-0.25, -0.2) is 4.79 Å². The molecule has 5 heteroatoms. The monoisotopic (exact) mass is 414 g/mol. The van der Waals surface area contributed by atoms with Crippen molar-refractivity contribution in [3.63, 3.8) is 0 Å². The SMILES string of the molecule is CCCC(C)N=NC(C)(NC(=O)N1CCCCCCCCCCC1)c1ccccc1. The molecule has 0 spiro atoms. The van der Waals surface area contributed by atoms with Crippen molar-refractivity contribution in [3.8, 4) is 0 Å². The Morgan fingerprint density at radius 1 is 1.00 bits per heavy atom. The number of azo groups is 1. The van der Waals surface area contributed by atoms with Crippen LogP contribution in [0.3, 0.4) is 0 Å². The fourth-order valence-corrected chi connectivity index (χ4v) is 4.05. The van der Waals surface area contributed by atoms with E-state index in [0.29, 0.717) is 0 Å². The number of amides is 2. The van der Waals surface area contributed by atoms with Crippen LogP contribution in [-0.2, 0) is 5.66 Å². The quantitative estimate of drug-likeness (QED) is 0.499. The van der Waals surface area contributed by atoms with Gasteiger partial charge in [-0.3, -0.25) is 0 Å². The van der Waals surface area contributed by atoms with Crippen molar-refractivity contribution < 1.29 is 4.79 Å². The first-order valence-electron chi connectivity index (χ1n) is 12.1. The fraction of sp³-hybridized carbons (Fsp3) is 0.720. The second-order valence-corrected chi connectivity index (χ2v) is 8.89. The number of urea groups is 1. The van der Waals surface area contributed by atoms with E-state index < -0.39 is 5.66 Å². The van der Waals surface area contributed by atoms with Gasteiger partial charge in [0.15, 0.2) is 5.66 Å². The van der Waals surface area contributed by atoms with E-state index in [1.165, 1.54) is 44.9 Å². The average molecular weight is 415 g/mol. The smallest absolute Gasteiger partial charge is 0.319 e. The van der Waals surface area contributed by atoms with Gasteiger partial charge in [-0.1, -0.05) is 88.6 Å². The first-order valence-corrected chi connectivity index (χ1v) is 12.1. The first-order chi connectivity index (χ1) is 14.5. The molecule has 1 aromatic carbocycles. The Morgan fingerprint density at radius 2 is 1.53 bits per heavy atom. The van der Waals surface area contributed by atoms with Gasteiger partial charge in [0.05, 0.1) is 6.04 Å². The molecule has 0 radical (unpaired) electrons. The van der Waals surface area contributed by atoms with Gasteiger partial charge in [0, 0.05) is 18.7 Å². The summed E-state index contributed by atoms with van der Waals surface area (Å²) in [6, 6.07) is 10.1. The average Bonchev–Trinajstić information content (AvgIpc) is 2.73. The summed E-state index contributed by atoms with van der Waals surface area (Å²) in [7, 11) is 0. The second-order valence-electron chi connectivity index (χ2n) is 8.89. The molecule has 1 fully saturated rings. The Hall–Kier alpha value is -1.91. The molecule has 2 unspecified atom stereocenters. The number of benzene rings is 1. The molecule has 2 atom stereocenters. The third kappa shape index (κ3) is 8.45. The summed E-state index contributed by atoms with van der Waals surface area (Å²) in [6.45, 7) is 7.83. The van der Waals surface area contributed by atoms with Crippen molar-refractivity contribution in [3.05, 3.63) is 35.9 Å². The molecule has 30 heavy (non-hydrogen) atoms. The lowest BCUT2D eigenvalue weighted by molar-refractivity contribution is 0.181. The highest BCUT2D eigenvalue weighted by Crippen LogP contribution is 2.24. The highest BCUT2D eigenvalue weighted by molar-refractivity contribution is 5.75. The maximum atomic E-state index is 13.3. The predicted molar refractivity (Wildman–Crippen MR) is 125 cm³/mol. The van der Waals surface area contributed by atoms with Crippen LogP contribution in [-0.4, -0.2) is 30.1 Å². The molecular formula is C25H42N4O. The number of hydrogen-bond acceptors (Lipinski definition) is 3. The van der Waals surface area contributed by atoms with Gasteiger partial charge in [-0.2, -0.15) is 10.2 Å². The van der Waals surface area contributed by atoms with Gasteiger partial charge in [0.1, 0.15) is 0 Å². The van der Waals surface area contributed by atoms with Crippen LogP contribution in [0.15, 0.2) is 40.6 Å². The van der Waals surface area contributed by atoms with Gasteiger partial charge in [-0.15, -0.1) is 0 Å². The highest BCUT2D eigenvalue weighted by Gasteiger charge is 2.30. The first kappa shape index (κ1) is 24.4. The summed E-state index contributed by atoms with van der Waals surface area (Å²) < 4.78 is 0. The van der Waals surface area contributed by atoms with Gasteiger partial charge in [-0.05, 0) is 33.1 Å². The van der Waals surface area contributed by atoms with E-state index >= 15 is 0 Å². The molecule has 1 aliphatic heterocycles. The molecule has 1 aliphatic rings. The molecular weight excluding hydrogens is 372 g/mol. The van der Waals surface area contributed by atoms with Crippen molar-refractivity contribution in [2.75, 3.05) is 13.1 Å². The van der Waals surface area contributed by atoms with E-state index in [0.717, 1.165) is 44.3 Å². The number of hydrogen-bond donors (Lipinski definition) is 1. The lowest BCUT2D eigenvalue weighted by atomic mass is 10.0. The van der Waals surface area contributed by atoms with E-state index in [1.54, 1.807) is 0 Å². The number of carbonyl (C=O) groups excluding carboxylic acids is 1. The zero-order valence-electron chi connectivity index (χ0n) is 19.4. The molecule has 2 rings (SSSR count). The zero-order chi connectivity index (χ0) is 21.7. The molecule has 1 heterocycles. The topological polar surface area (TPSA) is 57.1 Å². The largest absolute Gasteiger partial charge is 0.325 e. The summed E-state index contributed by atoms with van der Waals surface area (Å²) in [6.07, 6.45) is 13.2. The third-order valence-corrected chi connectivity index (χ3v) is 5.99. The van der Waals surface area contributed by atoms with E-state index in [9.17, 15) is 4.79 Å². The van der Waals surface area contributed by atoms with Crippen LogP contribution in [0.25, 0.3) is 0 Å². The summed E-state index contributed by atoms with van der Waals surface area (Å²) in [5.74, 6) is 0. The van der Waals surface area contributed by atoms with Crippen molar-refractivity contribution in [1.82, 2.24) is 10.2 Å². The van der Waals surface area contributed by atoms with Gasteiger partial charge in [0.25, 0.3) is 0 Å². The molecule has 2 amide bonds. The fourth-order valence-electron chi connectivity index (χ4n) is 4.05. The van der Waals surface area contributed by atoms with Crippen LogP contribution in [0.5, 0.6) is 0 Å². The van der Waals surface area contributed by atoms with Crippen LogP contribution >= 0.6 is 0 Å². The minimum Gasteiger partial charge on any atom is -0.325 e. The Kier molecular flexibility index (Phi) is 10.9. The van der Waals surface area contributed by atoms with Crippen molar-refractivity contribution in [2.24, 2.45) is 10.2 Å². The minimum atomic E-state index is -0.857. The Labute approximate surface area is 183 Å². The van der Waals surface area contributed by atoms with Gasteiger partial charge >= 0.3 is 6.03 Å². The van der Waals surface area contributed by atoms with E-state index in [1.807, 2.05) is 42.2 Å². The summed E-state index contributed by atoms with van der Waals surface area (Å²) >= 11 is 0. The standard InChI is InChI=1S/C25H42N4O/c1-4-17-22(2)27-28-25(3,23-18-13-12-14-19-23)26-24(30)29-20-15-10-8-6-5-7-9-11-16-21-29/h12-14,18-19,22H,4-11,15-17,20-21H2,1-3H3,(H,26,30). The lowest BCUT2D eigenvalue weighted by Crippen LogP contribution is -2.49. The second kappa shape index (κ2) is 13.4. The van der Waals surface area contributed by atoms with Crippen LogP contribution in [0, 0.1) is 0 Å². The van der Waals surface area contributed by atoms with Crippen LogP contribution in [0.2, 0.25) is 0 Å². The molecule has 5 nitrogen and oxygen atoms in total. The molecule has 0 bridgehead atoms. The number of nitrogens with zero attached hydrogens (tertiary/aromatic N) is 3. The molecule has 1 N–H and O–H groups in total. The van der Waals surface area contributed by atoms with Crippen molar-refractivity contribution in [2.45, 2.75) is 103 Å². The van der Waals surface area contributed by atoms with Crippen LogP contribution in [0.4, 0.5) is 4.79 Å². The number of nitrogens with one attached hydrogen (secondary N) is 1. The zero-order valence-corrected chi connectivity index (χ0v) is 19.4.